The number of halogens is 3. The number of rotatable bonds is 2. The highest BCUT2D eigenvalue weighted by Gasteiger charge is 2.43. The summed E-state index contributed by atoms with van der Waals surface area (Å²) in [6.45, 7) is 1.75. The van der Waals surface area contributed by atoms with Crippen LogP contribution in [0.3, 0.4) is 0 Å². The third-order valence-corrected chi connectivity index (χ3v) is 6.31. The molecule has 1 aromatic rings. The van der Waals surface area contributed by atoms with Gasteiger partial charge in [0.1, 0.15) is 0 Å². The highest BCUT2D eigenvalue weighted by molar-refractivity contribution is 8.14. The van der Waals surface area contributed by atoms with E-state index in [2.05, 4.69) is 5.32 Å². The van der Waals surface area contributed by atoms with Gasteiger partial charge < -0.3 is 5.32 Å². The van der Waals surface area contributed by atoms with Crippen molar-refractivity contribution in [3.05, 3.63) is 35.4 Å². The van der Waals surface area contributed by atoms with Gasteiger partial charge in [-0.2, -0.15) is 13.2 Å². The zero-order valence-electron chi connectivity index (χ0n) is 14.4. The number of carbonyl (C=O) groups excluding carboxylic acids is 2. The van der Waals surface area contributed by atoms with Crippen molar-refractivity contribution >= 4 is 23.0 Å². The van der Waals surface area contributed by atoms with Crippen molar-refractivity contribution in [2.45, 2.75) is 62.5 Å². The molecule has 3 amide bonds. The van der Waals surface area contributed by atoms with E-state index in [0.717, 1.165) is 56.0 Å². The van der Waals surface area contributed by atoms with Gasteiger partial charge in [-0.15, -0.1) is 0 Å². The molecular formula is C18H21F3N2O2S. The van der Waals surface area contributed by atoms with Gasteiger partial charge in [-0.1, -0.05) is 43.2 Å². The van der Waals surface area contributed by atoms with Crippen molar-refractivity contribution in [2.75, 3.05) is 0 Å². The lowest BCUT2D eigenvalue weighted by molar-refractivity contribution is -0.137. The van der Waals surface area contributed by atoms with Crippen molar-refractivity contribution in [1.29, 1.82) is 0 Å². The predicted molar refractivity (Wildman–Crippen MR) is 93.9 cm³/mol. The second-order valence-corrected chi connectivity index (χ2v) is 7.91. The summed E-state index contributed by atoms with van der Waals surface area (Å²) in [4.78, 5) is 26.1. The lowest BCUT2D eigenvalue weighted by atomic mass is 9.96. The first-order chi connectivity index (χ1) is 12.3. The molecule has 0 unspecified atom stereocenters. The lowest BCUT2D eigenvalue weighted by Crippen LogP contribution is -2.48. The summed E-state index contributed by atoms with van der Waals surface area (Å²) in [5, 5.41) is 2.19. The molecule has 8 heteroatoms. The van der Waals surface area contributed by atoms with Crippen molar-refractivity contribution in [3.63, 3.8) is 0 Å². The van der Waals surface area contributed by atoms with E-state index in [9.17, 15) is 22.8 Å². The first kappa shape index (κ1) is 19.1. The molecule has 26 heavy (non-hydrogen) atoms. The molecule has 2 atom stereocenters. The first-order valence-corrected chi connectivity index (χ1v) is 9.63. The minimum absolute atomic E-state index is 0.0892. The number of amides is 3. The van der Waals surface area contributed by atoms with Crippen LogP contribution >= 0.6 is 11.8 Å². The summed E-state index contributed by atoms with van der Waals surface area (Å²) in [5.41, 5.74) is -0.119. The number of urea groups is 1. The number of nitrogens with zero attached hydrogens (tertiary/aromatic N) is 1. The normalized spacial score (nSPS) is 24.8. The van der Waals surface area contributed by atoms with E-state index >= 15 is 0 Å². The zero-order valence-corrected chi connectivity index (χ0v) is 15.2. The number of nitrogens with one attached hydrogen (secondary N) is 1. The molecule has 2 aliphatic rings. The van der Waals surface area contributed by atoms with Gasteiger partial charge in [0.25, 0.3) is 5.24 Å². The largest absolute Gasteiger partial charge is 0.416 e. The molecule has 0 radical (unpaired) electrons. The molecule has 1 aliphatic carbocycles. The Morgan fingerprint density at radius 2 is 1.77 bits per heavy atom. The Kier molecular flexibility index (Phi) is 5.50. The summed E-state index contributed by atoms with van der Waals surface area (Å²) >= 11 is 0.983. The number of imide groups is 1. The van der Waals surface area contributed by atoms with Crippen LogP contribution in [0.2, 0.25) is 0 Å². The topological polar surface area (TPSA) is 49.4 Å². The monoisotopic (exact) mass is 386 g/mol. The van der Waals surface area contributed by atoms with Crippen LogP contribution in [0.4, 0.5) is 22.8 Å². The molecule has 2 fully saturated rings. The van der Waals surface area contributed by atoms with E-state index in [1.807, 2.05) is 0 Å². The smallest absolute Gasteiger partial charge is 0.335 e. The van der Waals surface area contributed by atoms with Crippen LogP contribution in [0.1, 0.15) is 55.4 Å². The van der Waals surface area contributed by atoms with Crippen LogP contribution < -0.4 is 5.32 Å². The van der Waals surface area contributed by atoms with Gasteiger partial charge in [0.15, 0.2) is 0 Å². The summed E-state index contributed by atoms with van der Waals surface area (Å²) < 4.78 is 38.1. The second kappa shape index (κ2) is 7.50. The fourth-order valence-corrected chi connectivity index (χ4v) is 4.72. The SMILES string of the molecule is C[C@H]1[C@H](c2ccc(C(F)(F)F)cc2)SC(=O)N1C(=O)NC1CCCCC1. The van der Waals surface area contributed by atoms with Gasteiger partial charge in [0.05, 0.1) is 16.9 Å². The van der Waals surface area contributed by atoms with E-state index in [1.165, 1.54) is 17.0 Å². The van der Waals surface area contributed by atoms with Crippen LogP contribution in [-0.4, -0.2) is 28.3 Å². The average Bonchev–Trinajstić information content (AvgIpc) is 2.89. The van der Waals surface area contributed by atoms with Gasteiger partial charge in [-0.3, -0.25) is 9.69 Å². The Labute approximate surface area is 154 Å². The van der Waals surface area contributed by atoms with Crippen LogP contribution in [0.5, 0.6) is 0 Å². The van der Waals surface area contributed by atoms with Crippen molar-refractivity contribution < 1.29 is 22.8 Å². The highest BCUT2D eigenvalue weighted by Crippen LogP contribution is 2.43. The Morgan fingerprint density at radius 1 is 1.15 bits per heavy atom. The molecule has 142 valence electrons. The molecule has 1 heterocycles. The first-order valence-electron chi connectivity index (χ1n) is 8.75. The minimum Gasteiger partial charge on any atom is -0.335 e. The zero-order chi connectivity index (χ0) is 18.9. The van der Waals surface area contributed by atoms with Gasteiger partial charge >= 0.3 is 12.2 Å². The van der Waals surface area contributed by atoms with E-state index in [1.54, 1.807) is 6.92 Å². The summed E-state index contributed by atoms with van der Waals surface area (Å²) in [6, 6.07) is 4.05. The van der Waals surface area contributed by atoms with E-state index in [0.29, 0.717) is 5.56 Å². The summed E-state index contributed by atoms with van der Waals surface area (Å²) in [5.74, 6) is 0. The van der Waals surface area contributed by atoms with E-state index in [-0.39, 0.29) is 16.5 Å². The highest BCUT2D eigenvalue weighted by atomic mass is 32.2. The molecule has 0 spiro atoms. The second-order valence-electron chi connectivity index (χ2n) is 6.82. The Hall–Kier alpha value is -1.70. The molecule has 1 saturated heterocycles. The molecule has 4 nitrogen and oxygen atoms in total. The number of hydrogen-bond acceptors (Lipinski definition) is 3. The molecule has 1 saturated carbocycles. The molecule has 1 aromatic carbocycles. The molecular weight excluding hydrogens is 365 g/mol. The van der Waals surface area contributed by atoms with Crippen LogP contribution in [0.25, 0.3) is 0 Å². The van der Waals surface area contributed by atoms with Crippen molar-refractivity contribution in [3.8, 4) is 0 Å². The number of benzene rings is 1. The van der Waals surface area contributed by atoms with Crippen molar-refractivity contribution in [1.82, 2.24) is 10.2 Å². The van der Waals surface area contributed by atoms with Crippen LogP contribution in [-0.2, 0) is 6.18 Å². The quantitative estimate of drug-likeness (QED) is 0.746. The molecule has 0 aromatic heterocycles. The van der Waals surface area contributed by atoms with E-state index < -0.39 is 23.8 Å². The maximum absolute atomic E-state index is 12.7. The predicted octanol–water partition coefficient (Wildman–Crippen LogP) is 5.35. The number of thioether (sulfide) groups is 1. The molecule has 1 N–H and O–H groups in total. The van der Waals surface area contributed by atoms with Crippen LogP contribution in [0.15, 0.2) is 24.3 Å². The maximum Gasteiger partial charge on any atom is 0.416 e. The van der Waals surface area contributed by atoms with Gasteiger partial charge in [-0.05, 0) is 37.5 Å². The van der Waals surface area contributed by atoms with Gasteiger partial charge in [0, 0.05) is 6.04 Å². The third-order valence-electron chi connectivity index (χ3n) is 4.99. The average molecular weight is 386 g/mol. The number of alkyl halides is 3. The fraction of sp³-hybridized carbons (Fsp3) is 0.556. The number of hydrogen-bond donors (Lipinski definition) is 1. The Balaban J connectivity index is 1.69. The summed E-state index contributed by atoms with van der Waals surface area (Å²) in [6.07, 6.45) is 0.732. The molecule has 3 rings (SSSR count). The molecule has 0 bridgehead atoms. The standard InChI is InChI=1S/C18H21F3N2O2S/c1-11-15(12-7-9-13(10-8-12)18(19,20)21)26-17(25)23(11)16(24)22-14-5-3-2-4-6-14/h7-11,14-15H,2-6H2,1H3,(H,22,24)/t11-,15+/m0/s1. The lowest BCUT2D eigenvalue weighted by Gasteiger charge is -2.27. The van der Waals surface area contributed by atoms with Crippen LogP contribution in [0, 0.1) is 0 Å². The van der Waals surface area contributed by atoms with E-state index in [4.69, 9.17) is 0 Å². The summed E-state index contributed by atoms with van der Waals surface area (Å²) in [7, 11) is 0. The Morgan fingerprint density at radius 3 is 2.35 bits per heavy atom. The molecule has 1 aliphatic heterocycles. The number of carbonyl (C=O) groups is 2. The fourth-order valence-electron chi connectivity index (χ4n) is 3.53. The Bertz CT molecular complexity index is 672. The van der Waals surface area contributed by atoms with Gasteiger partial charge in [0.2, 0.25) is 0 Å². The maximum atomic E-state index is 12.7. The van der Waals surface area contributed by atoms with Gasteiger partial charge in [-0.25, -0.2) is 4.79 Å². The van der Waals surface area contributed by atoms with Crippen molar-refractivity contribution in [2.24, 2.45) is 0 Å². The third kappa shape index (κ3) is 4.00. The minimum atomic E-state index is -4.39.